The second kappa shape index (κ2) is 6.08. The lowest BCUT2D eigenvalue weighted by atomic mass is 9.88. The summed E-state index contributed by atoms with van der Waals surface area (Å²) in [6, 6.07) is 0. The van der Waals surface area contributed by atoms with Crippen LogP contribution in [-0.2, 0) is 23.8 Å². The average Bonchev–Trinajstić information content (AvgIpc) is 3.03. The molecule has 1 saturated heterocycles. The molecule has 1 heterocycles. The van der Waals surface area contributed by atoms with Gasteiger partial charge in [-0.15, -0.1) is 0 Å². The summed E-state index contributed by atoms with van der Waals surface area (Å²) in [7, 11) is 0. The van der Waals surface area contributed by atoms with Crippen molar-refractivity contribution in [1.82, 2.24) is 0 Å². The molecular formula is C19H28O5. The number of carbonyl (C=O) groups excluding carboxylic acids is 2. The molecule has 134 valence electrons. The quantitative estimate of drug-likeness (QED) is 0.570. The minimum absolute atomic E-state index is 0.0150. The third-order valence-electron chi connectivity index (χ3n) is 5.70. The highest BCUT2D eigenvalue weighted by atomic mass is 16.6. The Balaban J connectivity index is 1.58. The molecule has 5 heteroatoms. The van der Waals surface area contributed by atoms with Gasteiger partial charge in [-0.2, -0.15) is 0 Å². The van der Waals surface area contributed by atoms with Gasteiger partial charge in [-0.1, -0.05) is 34.6 Å². The van der Waals surface area contributed by atoms with Gasteiger partial charge in [0.25, 0.3) is 0 Å². The van der Waals surface area contributed by atoms with Crippen molar-refractivity contribution in [3.05, 3.63) is 11.8 Å². The van der Waals surface area contributed by atoms with E-state index in [1.54, 1.807) is 0 Å². The van der Waals surface area contributed by atoms with Gasteiger partial charge in [0.1, 0.15) is 12.2 Å². The first kappa shape index (κ1) is 17.3. The summed E-state index contributed by atoms with van der Waals surface area (Å²) < 4.78 is 16.8. The van der Waals surface area contributed by atoms with E-state index in [-0.39, 0.29) is 53.9 Å². The average molecular weight is 336 g/mol. The number of fused-ring (bicyclic) bond motifs is 1. The van der Waals surface area contributed by atoms with Crippen LogP contribution >= 0.6 is 0 Å². The number of hydrogen-bond donors (Lipinski definition) is 0. The van der Waals surface area contributed by atoms with E-state index in [0.717, 1.165) is 18.6 Å². The van der Waals surface area contributed by atoms with Crippen LogP contribution in [0.5, 0.6) is 0 Å². The van der Waals surface area contributed by atoms with Gasteiger partial charge in [-0.3, -0.25) is 4.79 Å². The fraction of sp³-hybridized carbons (Fsp3) is 0.789. The number of rotatable bonds is 5. The molecule has 0 amide bonds. The van der Waals surface area contributed by atoms with E-state index in [1.165, 1.54) is 0 Å². The maximum absolute atomic E-state index is 12.3. The molecular weight excluding hydrogens is 308 g/mol. The second-order valence-corrected chi connectivity index (χ2v) is 8.31. The Morgan fingerprint density at radius 2 is 2.08 bits per heavy atom. The molecule has 1 aliphatic heterocycles. The molecule has 2 saturated carbocycles. The molecule has 0 N–H and O–H groups in total. The summed E-state index contributed by atoms with van der Waals surface area (Å²) >= 11 is 0. The number of allylic oxidation sites excluding steroid dienone is 2. The summed E-state index contributed by atoms with van der Waals surface area (Å²) in [4.78, 5) is 24.1. The molecule has 3 rings (SSSR count). The summed E-state index contributed by atoms with van der Waals surface area (Å²) in [5.74, 6) is 1.13. The summed E-state index contributed by atoms with van der Waals surface area (Å²) in [6.45, 7) is 10.2. The Hall–Kier alpha value is -1.52. The van der Waals surface area contributed by atoms with Crippen molar-refractivity contribution in [2.45, 2.75) is 59.7 Å². The summed E-state index contributed by atoms with van der Waals surface area (Å²) in [5, 5.41) is 0. The van der Waals surface area contributed by atoms with Gasteiger partial charge < -0.3 is 14.2 Å². The summed E-state index contributed by atoms with van der Waals surface area (Å²) in [6.07, 6.45) is 3.06. The molecule has 0 aromatic rings. The van der Waals surface area contributed by atoms with Crippen LogP contribution in [0.25, 0.3) is 0 Å². The van der Waals surface area contributed by atoms with Gasteiger partial charge in [0.05, 0.1) is 11.7 Å². The maximum Gasteiger partial charge on any atom is 0.344 e. The topological polar surface area (TPSA) is 61.8 Å². The Morgan fingerprint density at radius 1 is 1.38 bits per heavy atom. The highest BCUT2D eigenvalue weighted by Crippen LogP contribution is 2.58. The normalized spacial score (nSPS) is 37.5. The third-order valence-corrected chi connectivity index (χ3v) is 5.70. The Morgan fingerprint density at radius 3 is 2.71 bits per heavy atom. The zero-order chi connectivity index (χ0) is 17.6. The third kappa shape index (κ3) is 2.82. The van der Waals surface area contributed by atoms with Crippen molar-refractivity contribution >= 4 is 11.9 Å². The van der Waals surface area contributed by atoms with E-state index < -0.39 is 0 Å². The molecule has 0 radical (unpaired) electrons. The molecule has 0 aromatic heterocycles. The standard InChI is InChI=1S/C19H28O5/c1-6-7-13(19(3,4)5)22-9-14(20)23-16-11-8-12-15(10(11)2)17(16)24-18(12)21/h7,10-12,15-17H,6,8-9H2,1-5H3. The van der Waals surface area contributed by atoms with E-state index in [9.17, 15) is 9.59 Å². The van der Waals surface area contributed by atoms with Crippen LogP contribution in [0.1, 0.15) is 47.5 Å². The molecule has 6 unspecified atom stereocenters. The zero-order valence-electron chi connectivity index (χ0n) is 15.2. The van der Waals surface area contributed by atoms with Crippen molar-refractivity contribution in [2.75, 3.05) is 6.61 Å². The minimum Gasteiger partial charge on any atom is -0.486 e. The lowest BCUT2D eigenvalue weighted by Gasteiger charge is -2.26. The zero-order valence-corrected chi connectivity index (χ0v) is 15.2. The van der Waals surface area contributed by atoms with Crippen LogP contribution < -0.4 is 0 Å². The van der Waals surface area contributed by atoms with Gasteiger partial charge in [-0.25, -0.2) is 4.79 Å². The van der Waals surface area contributed by atoms with Crippen molar-refractivity contribution in [2.24, 2.45) is 29.1 Å². The molecule has 0 spiro atoms. The molecule has 5 nitrogen and oxygen atoms in total. The SMILES string of the molecule is CCC=C(OCC(=O)OC1C2CC3C(=O)OC1C3C2C)C(C)(C)C. The highest BCUT2D eigenvalue weighted by Gasteiger charge is 2.66. The van der Waals surface area contributed by atoms with E-state index >= 15 is 0 Å². The molecule has 2 bridgehead atoms. The first-order valence-corrected chi connectivity index (χ1v) is 8.97. The maximum atomic E-state index is 12.3. The number of ether oxygens (including phenoxy) is 3. The predicted molar refractivity (Wildman–Crippen MR) is 87.8 cm³/mol. The van der Waals surface area contributed by atoms with Crippen LogP contribution in [0.2, 0.25) is 0 Å². The van der Waals surface area contributed by atoms with E-state index in [1.807, 2.05) is 13.0 Å². The fourth-order valence-electron chi connectivity index (χ4n) is 4.61. The van der Waals surface area contributed by atoms with Gasteiger partial charge in [0.2, 0.25) is 0 Å². The first-order valence-electron chi connectivity index (χ1n) is 8.97. The van der Waals surface area contributed by atoms with Gasteiger partial charge in [-0.05, 0) is 24.8 Å². The van der Waals surface area contributed by atoms with Crippen LogP contribution in [0, 0.1) is 29.1 Å². The Labute approximate surface area is 143 Å². The molecule has 3 aliphatic rings. The number of carbonyl (C=O) groups is 2. The summed E-state index contributed by atoms with van der Waals surface area (Å²) in [5.41, 5.74) is -0.147. The lowest BCUT2D eigenvalue weighted by molar-refractivity contribution is -0.165. The fourth-order valence-corrected chi connectivity index (χ4v) is 4.61. The van der Waals surface area contributed by atoms with E-state index in [2.05, 4.69) is 27.7 Å². The highest BCUT2D eigenvalue weighted by molar-refractivity contribution is 5.77. The van der Waals surface area contributed by atoms with Crippen molar-refractivity contribution in [1.29, 1.82) is 0 Å². The van der Waals surface area contributed by atoms with Crippen LogP contribution in [0.4, 0.5) is 0 Å². The molecule has 3 fully saturated rings. The molecule has 6 atom stereocenters. The largest absolute Gasteiger partial charge is 0.486 e. The smallest absolute Gasteiger partial charge is 0.344 e. The second-order valence-electron chi connectivity index (χ2n) is 8.31. The molecule has 0 aromatic carbocycles. The predicted octanol–water partition coefficient (Wildman–Crippen LogP) is 3.08. The van der Waals surface area contributed by atoms with E-state index in [0.29, 0.717) is 5.92 Å². The first-order chi connectivity index (χ1) is 11.2. The minimum atomic E-state index is -0.384. The van der Waals surface area contributed by atoms with Crippen molar-refractivity contribution in [3.63, 3.8) is 0 Å². The van der Waals surface area contributed by atoms with Gasteiger partial charge in [0, 0.05) is 17.3 Å². The molecule has 24 heavy (non-hydrogen) atoms. The van der Waals surface area contributed by atoms with Crippen molar-refractivity contribution in [3.8, 4) is 0 Å². The van der Waals surface area contributed by atoms with Gasteiger partial charge >= 0.3 is 11.9 Å². The van der Waals surface area contributed by atoms with E-state index in [4.69, 9.17) is 14.2 Å². The number of hydrogen-bond acceptors (Lipinski definition) is 5. The van der Waals surface area contributed by atoms with Crippen LogP contribution in [-0.4, -0.2) is 30.8 Å². The number of esters is 2. The van der Waals surface area contributed by atoms with Crippen molar-refractivity contribution < 1.29 is 23.8 Å². The van der Waals surface area contributed by atoms with Crippen LogP contribution in [0.3, 0.4) is 0 Å². The lowest BCUT2D eigenvalue weighted by Crippen LogP contribution is -2.37. The Bertz CT molecular complexity index is 559. The monoisotopic (exact) mass is 336 g/mol. The molecule has 2 aliphatic carbocycles. The van der Waals surface area contributed by atoms with Crippen LogP contribution in [0.15, 0.2) is 11.8 Å². The Kier molecular flexibility index (Phi) is 4.39. The van der Waals surface area contributed by atoms with Gasteiger partial charge in [0.15, 0.2) is 6.61 Å².